The number of hydrogen-bond acceptors (Lipinski definition) is 3. The van der Waals surface area contributed by atoms with Gasteiger partial charge >= 0.3 is 5.97 Å². The van der Waals surface area contributed by atoms with Crippen LogP contribution in [0.25, 0.3) is 0 Å². The normalized spacial score (nSPS) is 57.3. The minimum absolute atomic E-state index is 0.113. The van der Waals surface area contributed by atoms with Crippen molar-refractivity contribution in [3.05, 3.63) is 0 Å². The number of rotatable bonds is 3. The number of carboxylic acid groups (broad SMARTS) is 1. The van der Waals surface area contributed by atoms with Gasteiger partial charge in [-0.25, -0.2) is 0 Å². The van der Waals surface area contributed by atoms with Crippen LogP contribution in [0.15, 0.2) is 0 Å². The number of carbonyl (C=O) groups is 1. The highest BCUT2D eigenvalue weighted by Gasteiger charge is 2.64. The highest BCUT2D eigenvalue weighted by atomic mass is 16.4. The molecule has 12 atom stereocenters. The second kappa shape index (κ2) is 6.69. The Morgan fingerprint density at radius 3 is 2.31 bits per heavy atom. The van der Waals surface area contributed by atoms with E-state index < -0.39 is 5.97 Å². The van der Waals surface area contributed by atoms with Gasteiger partial charge in [0.1, 0.15) is 0 Å². The predicted octanol–water partition coefficient (Wildman–Crippen LogP) is 4.33. The van der Waals surface area contributed by atoms with Crippen LogP contribution in [0.1, 0.15) is 78.6 Å². The largest absolute Gasteiger partial charge is 0.481 e. The van der Waals surface area contributed by atoms with Gasteiger partial charge in [0.15, 0.2) is 0 Å². The first-order valence-electron chi connectivity index (χ1n) is 12.3. The Bertz CT molecular complexity index is 678. The summed E-state index contributed by atoms with van der Waals surface area (Å²) in [4.78, 5) is 11.4. The van der Waals surface area contributed by atoms with Crippen molar-refractivity contribution in [2.45, 2.75) is 90.8 Å². The first-order chi connectivity index (χ1) is 13.7. The monoisotopic (exact) mass is 404 g/mol. The average molecular weight is 405 g/mol. The van der Waals surface area contributed by atoms with E-state index in [1.807, 2.05) is 0 Å². The molecule has 164 valence electrons. The van der Waals surface area contributed by atoms with Crippen LogP contribution in [0.4, 0.5) is 0 Å². The lowest BCUT2D eigenvalue weighted by Crippen LogP contribution is -2.58. The highest BCUT2D eigenvalue weighted by molar-refractivity contribution is 5.73. The van der Waals surface area contributed by atoms with Gasteiger partial charge in [0.2, 0.25) is 0 Å². The fourth-order valence-electron chi connectivity index (χ4n) is 9.48. The molecular formula is C25H40O4. The molecule has 5 saturated carbocycles. The summed E-state index contributed by atoms with van der Waals surface area (Å²) in [6, 6.07) is 0. The van der Waals surface area contributed by atoms with Gasteiger partial charge < -0.3 is 15.3 Å². The van der Waals surface area contributed by atoms with E-state index in [2.05, 4.69) is 20.8 Å². The van der Waals surface area contributed by atoms with Crippen molar-refractivity contribution < 1.29 is 20.1 Å². The average Bonchev–Trinajstić information content (AvgIpc) is 3.39. The van der Waals surface area contributed by atoms with E-state index in [9.17, 15) is 20.1 Å². The second-order valence-electron chi connectivity index (χ2n) is 12.2. The van der Waals surface area contributed by atoms with Gasteiger partial charge in [0, 0.05) is 0 Å². The maximum Gasteiger partial charge on any atom is 0.306 e. The quantitative estimate of drug-likeness (QED) is 0.654. The van der Waals surface area contributed by atoms with E-state index in [0.717, 1.165) is 32.1 Å². The number of fused-ring (bicyclic) bond motifs is 5. The molecule has 4 heteroatoms. The van der Waals surface area contributed by atoms with Crippen LogP contribution in [-0.2, 0) is 4.79 Å². The minimum Gasteiger partial charge on any atom is -0.481 e. The van der Waals surface area contributed by atoms with E-state index in [1.165, 1.54) is 25.7 Å². The molecule has 0 saturated heterocycles. The molecule has 5 rings (SSSR count). The zero-order valence-corrected chi connectivity index (χ0v) is 18.4. The minimum atomic E-state index is -0.605. The molecule has 0 aromatic rings. The number of aliphatic hydroxyl groups excluding tert-OH is 2. The number of carboxylic acids is 1. The summed E-state index contributed by atoms with van der Waals surface area (Å²) in [7, 11) is 0. The molecule has 5 aliphatic rings. The Kier molecular flexibility index (Phi) is 4.68. The summed E-state index contributed by atoms with van der Waals surface area (Å²) in [6.45, 7) is 7.26. The van der Waals surface area contributed by atoms with Crippen molar-refractivity contribution in [3.63, 3.8) is 0 Å². The van der Waals surface area contributed by atoms with Gasteiger partial charge in [0.25, 0.3) is 0 Å². The van der Waals surface area contributed by atoms with E-state index in [4.69, 9.17) is 0 Å². The van der Waals surface area contributed by atoms with Crippen molar-refractivity contribution in [1.29, 1.82) is 0 Å². The van der Waals surface area contributed by atoms with Crippen LogP contribution in [0, 0.1) is 58.2 Å². The molecule has 29 heavy (non-hydrogen) atoms. The van der Waals surface area contributed by atoms with Crippen molar-refractivity contribution in [1.82, 2.24) is 0 Å². The molecule has 0 amide bonds. The summed E-state index contributed by atoms with van der Waals surface area (Å²) in [5.41, 5.74) is 0.531. The van der Waals surface area contributed by atoms with Crippen LogP contribution in [0.2, 0.25) is 0 Å². The maximum absolute atomic E-state index is 11.4. The van der Waals surface area contributed by atoms with Gasteiger partial charge in [-0.2, -0.15) is 0 Å². The molecule has 0 bridgehead atoms. The van der Waals surface area contributed by atoms with E-state index in [-0.39, 0.29) is 29.0 Å². The third kappa shape index (κ3) is 2.87. The van der Waals surface area contributed by atoms with Crippen LogP contribution in [-0.4, -0.2) is 33.5 Å². The number of hydrogen-bond donors (Lipinski definition) is 3. The summed E-state index contributed by atoms with van der Waals surface area (Å²) in [6.07, 6.45) is 9.08. The first kappa shape index (κ1) is 20.3. The third-order valence-electron chi connectivity index (χ3n) is 11.2. The lowest BCUT2D eigenvalue weighted by atomic mass is 9.43. The summed E-state index contributed by atoms with van der Waals surface area (Å²) in [5.74, 6) is 2.76. The molecule has 0 aromatic heterocycles. The Morgan fingerprint density at radius 2 is 1.62 bits per heavy atom. The lowest BCUT2D eigenvalue weighted by molar-refractivity contribution is -0.174. The summed E-state index contributed by atoms with van der Waals surface area (Å²) < 4.78 is 0. The van der Waals surface area contributed by atoms with Crippen molar-refractivity contribution >= 4 is 5.97 Å². The number of aliphatic hydroxyl groups is 2. The standard InChI is InChI=1S/C25H40O4/c1-13(16-12-17(16)23(28)29)18-4-5-19-22-20(7-9-25(18,19)3)24(2)8-6-15(26)10-14(24)11-21(22)27/h13-22,26-27H,4-12H2,1-3H3,(H,28,29)/t13-,14+,15-,16-,17+,18-,19?,20?,21-,22?,24+,25-/m1/s1. The predicted molar refractivity (Wildman–Crippen MR) is 111 cm³/mol. The maximum atomic E-state index is 11.4. The fraction of sp³-hybridized carbons (Fsp3) is 0.960. The molecule has 5 aliphatic carbocycles. The summed E-state index contributed by atoms with van der Waals surface area (Å²) >= 11 is 0. The molecular weight excluding hydrogens is 364 g/mol. The Hall–Kier alpha value is -0.610. The van der Waals surface area contributed by atoms with Gasteiger partial charge in [-0.3, -0.25) is 4.79 Å². The molecule has 5 fully saturated rings. The molecule has 3 N–H and O–H groups in total. The lowest BCUT2D eigenvalue weighted by Gasteiger charge is -2.62. The van der Waals surface area contributed by atoms with E-state index in [1.54, 1.807) is 0 Å². The SMILES string of the molecule is C[C@H]([C@H]1C[C@@H]1C(=O)O)[C@H]1CCC2C3C(CC[C@@]21C)[C@@]1(C)CC[C@@H](O)C[C@H]1C[C@H]3O. The van der Waals surface area contributed by atoms with E-state index >= 15 is 0 Å². The molecule has 0 aliphatic heterocycles. The Labute approximate surface area is 175 Å². The van der Waals surface area contributed by atoms with Crippen LogP contribution < -0.4 is 0 Å². The summed E-state index contributed by atoms with van der Waals surface area (Å²) in [5, 5.41) is 30.9. The molecule has 4 nitrogen and oxygen atoms in total. The molecule has 0 spiro atoms. The Balaban J connectivity index is 1.39. The van der Waals surface area contributed by atoms with Gasteiger partial charge in [-0.15, -0.1) is 0 Å². The van der Waals surface area contributed by atoms with E-state index in [0.29, 0.717) is 41.4 Å². The van der Waals surface area contributed by atoms with Crippen molar-refractivity contribution in [2.24, 2.45) is 58.2 Å². The van der Waals surface area contributed by atoms with Crippen molar-refractivity contribution in [3.8, 4) is 0 Å². The van der Waals surface area contributed by atoms with Crippen molar-refractivity contribution in [2.75, 3.05) is 0 Å². The number of aliphatic carboxylic acids is 1. The van der Waals surface area contributed by atoms with Gasteiger partial charge in [-0.1, -0.05) is 20.8 Å². The first-order valence-corrected chi connectivity index (χ1v) is 12.3. The molecule has 0 heterocycles. The van der Waals surface area contributed by atoms with Crippen LogP contribution in [0.3, 0.4) is 0 Å². The van der Waals surface area contributed by atoms with Crippen LogP contribution in [0.5, 0.6) is 0 Å². The topological polar surface area (TPSA) is 77.8 Å². The van der Waals surface area contributed by atoms with Gasteiger partial charge in [-0.05, 0) is 110 Å². The highest BCUT2D eigenvalue weighted by Crippen LogP contribution is 2.69. The zero-order valence-electron chi connectivity index (χ0n) is 18.4. The molecule has 3 unspecified atom stereocenters. The Morgan fingerprint density at radius 1 is 0.931 bits per heavy atom. The molecule has 0 aromatic carbocycles. The third-order valence-corrected chi connectivity index (χ3v) is 11.2. The van der Waals surface area contributed by atoms with Gasteiger partial charge in [0.05, 0.1) is 18.1 Å². The fourth-order valence-corrected chi connectivity index (χ4v) is 9.48. The molecule has 0 radical (unpaired) electrons. The second-order valence-corrected chi connectivity index (χ2v) is 12.2. The smallest absolute Gasteiger partial charge is 0.306 e. The zero-order chi connectivity index (χ0) is 20.7. The van der Waals surface area contributed by atoms with Crippen LogP contribution >= 0.6 is 0 Å².